The second kappa shape index (κ2) is 8.29. The third-order valence-electron chi connectivity index (χ3n) is 8.32. The summed E-state index contributed by atoms with van der Waals surface area (Å²) in [6, 6.07) is 46.2. The smallest absolute Gasteiger partial charge is 0.135 e. The molecule has 40 heavy (non-hydrogen) atoms. The van der Waals surface area contributed by atoms with E-state index in [1.165, 1.54) is 74.6 Å². The molecule has 0 aliphatic rings. The molecule has 1 nitrogen and oxygen atoms in total. The zero-order chi connectivity index (χ0) is 26.2. The van der Waals surface area contributed by atoms with E-state index in [1.807, 2.05) is 17.6 Å². The second-order valence-electron chi connectivity index (χ2n) is 10.5. The molecule has 186 valence electrons. The van der Waals surface area contributed by atoms with E-state index in [0.717, 1.165) is 11.1 Å². The molecule has 0 N–H and O–H groups in total. The highest BCUT2D eigenvalue weighted by atomic mass is 32.1. The van der Waals surface area contributed by atoms with Crippen LogP contribution in [0.25, 0.3) is 85.7 Å². The number of hydrogen-bond acceptors (Lipinski definition) is 2. The average molecular weight is 527 g/mol. The summed E-state index contributed by atoms with van der Waals surface area (Å²) in [4.78, 5) is 0. The molecular formula is C38H22OS. The number of benzene rings is 7. The van der Waals surface area contributed by atoms with E-state index in [2.05, 4.69) is 127 Å². The van der Waals surface area contributed by atoms with Crippen molar-refractivity contribution in [2.45, 2.75) is 0 Å². The number of rotatable bonds is 2. The average Bonchev–Trinajstić information content (AvgIpc) is 3.61. The highest BCUT2D eigenvalue weighted by Gasteiger charge is 2.21. The summed E-state index contributed by atoms with van der Waals surface area (Å²) < 4.78 is 8.87. The van der Waals surface area contributed by atoms with Gasteiger partial charge in [-0.05, 0) is 67.7 Å². The van der Waals surface area contributed by atoms with Crippen LogP contribution in [0.5, 0.6) is 0 Å². The van der Waals surface area contributed by atoms with Crippen LogP contribution in [-0.2, 0) is 0 Å². The Morgan fingerprint density at radius 3 is 1.85 bits per heavy atom. The third-order valence-corrected chi connectivity index (χ3v) is 9.52. The molecule has 9 aromatic rings. The van der Waals surface area contributed by atoms with E-state index < -0.39 is 0 Å². The van der Waals surface area contributed by atoms with E-state index >= 15 is 0 Å². The van der Waals surface area contributed by atoms with Gasteiger partial charge in [0.15, 0.2) is 0 Å². The van der Waals surface area contributed by atoms with Gasteiger partial charge >= 0.3 is 0 Å². The lowest BCUT2D eigenvalue weighted by atomic mass is 9.85. The Bertz CT molecular complexity index is 2380. The normalized spacial score (nSPS) is 12.0. The molecular weight excluding hydrogens is 504 g/mol. The van der Waals surface area contributed by atoms with E-state index in [4.69, 9.17) is 4.42 Å². The molecule has 0 saturated heterocycles. The zero-order valence-corrected chi connectivity index (χ0v) is 22.3. The molecule has 0 fully saturated rings. The molecule has 2 heterocycles. The van der Waals surface area contributed by atoms with Gasteiger partial charge in [0.05, 0.1) is 6.26 Å². The molecule has 2 aromatic heterocycles. The Balaban J connectivity index is 1.43. The van der Waals surface area contributed by atoms with Crippen LogP contribution in [-0.4, -0.2) is 0 Å². The van der Waals surface area contributed by atoms with Crippen LogP contribution < -0.4 is 0 Å². The second-order valence-corrected chi connectivity index (χ2v) is 11.5. The van der Waals surface area contributed by atoms with Gasteiger partial charge in [-0.3, -0.25) is 0 Å². The number of thiophene rings is 1. The molecule has 0 aliphatic carbocycles. The first-order valence-corrected chi connectivity index (χ1v) is 14.4. The predicted molar refractivity (Wildman–Crippen MR) is 172 cm³/mol. The van der Waals surface area contributed by atoms with Crippen molar-refractivity contribution in [2.24, 2.45) is 0 Å². The first kappa shape index (κ1) is 22.0. The monoisotopic (exact) mass is 526 g/mol. The fourth-order valence-electron chi connectivity index (χ4n) is 6.56. The van der Waals surface area contributed by atoms with Crippen molar-refractivity contribution in [2.75, 3.05) is 0 Å². The van der Waals surface area contributed by atoms with E-state index in [9.17, 15) is 0 Å². The number of fused-ring (bicyclic) bond motifs is 8. The van der Waals surface area contributed by atoms with Crippen LogP contribution in [0, 0.1) is 0 Å². The lowest BCUT2D eigenvalue weighted by Gasteiger charge is -2.17. The molecule has 0 amide bonds. The maximum atomic E-state index is 6.28. The summed E-state index contributed by atoms with van der Waals surface area (Å²) in [5.74, 6) is 0. The highest BCUT2D eigenvalue weighted by molar-refractivity contribution is 7.26. The Labute approximate surface area is 234 Å². The van der Waals surface area contributed by atoms with Gasteiger partial charge in [0.1, 0.15) is 5.58 Å². The quantitative estimate of drug-likeness (QED) is 0.204. The Morgan fingerprint density at radius 2 is 1.10 bits per heavy atom. The van der Waals surface area contributed by atoms with E-state index in [0.29, 0.717) is 0 Å². The Morgan fingerprint density at radius 1 is 0.475 bits per heavy atom. The van der Waals surface area contributed by atoms with E-state index in [-0.39, 0.29) is 0 Å². The van der Waals surface area contributed by atoms with Crippen LogP contribution in [0.3, 0.4) is 0 Å². The van der Waals surface area contributed by atoms with Crippen molar-refractivity contribution in [3.63, 3.8) is 0 Å². The lowest BCUT2D eigenvalue weighted by Crippen LogP contribution is -1.90. The fourth-order valence-corrected chi connectivity index (χ4v) is 7.82. The summed E-state index contributed by atoms with van der Waals surface area (Å²) in [6.07, 6.45) is 1.97. The van der Waals surface area contributed by atoms with Gasteiger partial charge in [-0.2, -0.15) is 0 Å². The van der Waals surface area contributed by atoms with Crippen LogP contribution in [0.4, 0.5) is 0 Å². The summed E-state index contributed by atoms with van der Waals surface area (Å²) in [6.45, 7) is 0. The molecule has 9 rings (SSSR count). The van der Waals surface area contributed by atoms with Crippen LogP contribution in [0.15, 0.2) is 138 Å². The van der Waals surface area contributed by atoms with Crippen LogP contribution in [0.1, 0.15) is 0 Å². The summed E-state index contributed by atoms with van der Waals surface area (Å²) >= 11 is 1.86. The van der Waals surface area contributed by atoms with Gasteiger partial charge < -0.3 is 4.42 Å². The minimum Gasteiger partial charge on any atom is -0.464 e. The van der Waals surface area contributed by atoms with Crippen molar-refractivity contribution in [3.05, 3.63) is 134 Å². The zero-order valence-electron chi connectivity index (χ0n) is 21.5. The third kappa shape index (κ3) is 3.03. The molecule has 0 radical (unpaired) electrons. The molecule has 0 atom stereocenters. The topological polar surface area (TPSA) is 13.1 Å². The number of hydrogen-bond donors (Lipinski definition) is 0. The first-order chi connectivity index (χ1) is 19.8. The summed E-state index contributed by atoms with van der Waals surface area (Å²) in [5.41, 5.74) is 5.84. The van der Waals surface area contributed by atoms with E-state index in [1.54, 1.807) is 0 Å². The molecule has 0 aliphatic heterocycles. The fraction of sp³-hybridized carbons (Fsp3) is 0. The Kier molecular flexibility index (Phi) is 4.55. The van der Waals surface area contributed by atoms with Gasteiger partial charge in [-0.1, -0.05) is 103 Å². The van der Waals surface area contributed by atoms with Crippen molar-refractivity contribution < 1.29 is 4.42 Å². The SMILES string of the molecule is c1ccc2cc(-c3c4ccccc4c(-c4coc5ccc6c7ccccc7sc6c45)c4ccccc34)ccc2c1. The molecule has 0 spiro atoms. The van der Waals surface area contributed by atoms with Crippen molar-refractivity contribution in [3.8, 4) is 22.3 Å². The molecule has 7 aromatic carbocycles. The van der Waals surface area contributed by atoms with Gasteiger partial charge in [-0.25, -0.2) is 0 Å². The molecule has 0 bridgehead atoms. The minimum absolute atomic E-state index is 0.931. The largest absolute Gasteiger partial charge is 0.464 e. The van der Waals surface area contributed by atoms with Gasteiger partial charge in [0.2, 0.25) is 0 Å². The maximum Gasteiger partial charge on any atom is 0.135 e. The standard InChI is InChI=1S/C38H22OS/c1-2-10-24-21-25(18-17-23(24)9-1)35-27-12-3-5-14-29(27)36(30-15-6-4-13-28(30)35)32-22-39-33-20-19-31-26-11-7-8-16-34(26)40-38(31)37(32)33/h1-22H. The number of furan rings is 1. The highest BCUT2D eigenvalue weighted by Crippen LogP contribution is 2.48. The van der Waals surface area contributed by atoms with Crippen molar-refractivity contribution in [1.29, 1.82) is 0 Å². The minimum atomic E-state index is 0.931. The van der Waals surface area contributed by atoms with Gasteiger partial charge in [-0.15, -0.1) is 11.3 Å². The predicted octanol–water partition coefficient (Wildman–Crippen LogP) is 11.6. The molecule has 0 unspecified atom stereocenters. The maximum absolute atomic E-state index is 6.28. The van der Waals surface area contributed by atoms with Crippen LogP contribution in [0.2, 0.25) is 0 Å². The van der Waals surface area contributed by atoms with Crippen molar-refractivity contribution >= 4 is 74.8 Å². The lowest BCUT2D eigenvalue weighted by molar-refractivity contribution is 0.617. The van der Waals surface area contributed by atoms with Gasteiger partial charge in [0, 0.05) is 36.7 Å². The summed E-state index contributed by atoms with van der Waals surface area (Å²) in [7, 11) is 0. The first-order valence-electron chi connectivity index (χ1n) is 13.6. The molecule has 2 heteroatoms. The molecule has 0 saturated carbocycles. The Hall–Kier alpha value is -4.92. The van der Waals surface area contributed by atoms with Crippen LogP contribution >= 0.6 is 11.3 Å². The van der Waals surface area contributed by atoms with Crippen molar-refractivity contribution in [1.82, 2.24) is 0 Å². The summed E-state index contributed by atoms with van der Waals surface area (Å²) in [5, 5.41) is 11.3. The van der Waals surface area contributed by atoms with Gasteiger partial charge in [0.25, 0.3) is 0 Å².